The fraction of sp³-hybridized carbons (Fsp3) is 0.400. The van der Waals surface area contributed by atoms with Crippen LogP contribution in [-0.2, 0) is 11.3 Å². The molecular weight excluding hydrogens is 280 g/mol. The van der Waals surface area contributed by atoms with Crippen molar-refractivity contribution >= 4 is 11.0 Å². The molecule has 0 spiro atoms. The first-order valence-corrected chi connectivity index (χ1v) is 7.48. The van der Waals surface area contributed by atoms with Crippen LogP contribution in [0.3, 0.4) is 0 Å². The van der Waals surface area contributed by atoms with Gasteiger partial charge in [-0.3, -0.25) is 0 Å². The fourth-order valence-corrected chi connectivity index (χ4v) is 2.75. The molecule has 0 saturated carbocycles. The smallest absolute Gasteiger partial charge is 0.230 e. The SMILES string of the molecule is CNCc1nc([C@@H]2CCOC2)nn1-c1nc2ccccc2[nH]1. The number of imidazole rings is 1. The number of ether oxygens (including phenoxy) is 1. The number of fused-ring (bicyclic) bond motifs is 1. The monoisotopic (exact) mass is 298 g/mol. The highest BCUT2D eigenvalue weighted by Crippen LogP contribution is 2.23. The molecule has 2 aromatic heterocycles. The highest BCUT2D eigenvalue weighted by Gasteiger charge is 2.24. The van der Waals surface area contributed by atoms with Crippen molar-refractivity contribution < 1.29 is 4.74 Å². The maximum atomic E-state index is 5.45. The van der Waals surface area contributed by atoms with Crippen molar-refractivity contribution in [1.82, 2.24) is 30.0 Å². The van der Waals surface area contributed by atoms with E-state index < -0.39 is 0 Å². The second kappa shape index (κ2) is 5.51. The molecule has 0 unspecified atom stereocenters. The van der Waals surface area contributed by atoms with Gasteiger partial charge in [-0.1, -0.05) is 12.1 Å². The van der Waals surface area contributed by atoms with E-state index in [0.29, 0.717) is 19.1 Å². The molecule has 4 rings (SSSR count). The van der Waals surface area contributed by atoms with Crippen LogP contribution >= 0.6 is 0 Å². The number of para-hydroxylation sites is 2. The van der Waals surface area contributed by atoms with Crippen molar-refractivity contribution in [3.8, 4) is 5.95 Å². The summed E-state index contributed by atoms with van der Waals surface area (Å²) in [5.74, 6) is 2.66. The number of rotatable bonds is 4. The summed E-state index contributed by atoms with van der Waals surface area (Å²) in [4.78, 5) is 12.6. The molecule has 3 aromatic rings. The van der Waals surface area contributed by atoms with Crippen LogP contribution in [0, 0.1) is 0 Å². The van der Waals surface area contributed by atoms with Gasteiger partial charge in [0.15, 0.2) is 5.82 Å². The highest BCUT2D eigenvalue weighted by molar-refractivity contribution is 5.75. The average Bonchev–Trinajstić information content (AvgIpc) is 3.26. The number of H-pyrrole nitrogens is 1. The molecule has 22 heavy (non-hydrogen) atoms. The molecule has 1 saturated heterocycles. The Labute approximate surface area is 127 Å². The number of nitrogens with zero attached hydrogens (tertiary/aromatic N) is 4. The van der Waals surface area contributed by atoms with Gasteiger partial charge in [0.2, 0.25) is 5.95 Å². The molecule has 1 aromatic carbocycles. The van der Waals surface area contributed by atoms with Crippen LogP contribution < -0.4 is 5.32 Å². The van der Waals surface area contributed by atoms with Gasteiger partial charge >= 0.3 is 0 Å². The number of hydrogen-bond donors (Lipinski definition) is 2. The van der Waals surface area contributed by atoms with Crippen LogP contribution in [0.15, 0.2) is 24.3 Å². The predicted molar refractivity (Wildman–Crippen MR) is 82.0 cm³/mol. The summed E-state index contributed by atoms with van der Waals surface area (Å²) in [5, 5.41) is 7.80. The standard InChI is InChI=1S/C15H18N6O/c1-16-8-13-19-14(10-6-7-22-9-10)20-21(13)15-17-11-4-2-3-5-12(11)18-15/h2-5,10,16H,6-9H2,1H3,(H,17,18)/t10-/m1/s1. The Bertz CT molecular complexity index is 753. The van der Waals surface area contributed by atoms with E-state index in [2.05, 4.69) is 25.4 Å². The topological polar surface area (TPSA) is 80.7 Å². The molecule has 1 aliphatic heterocycles. The Hall–Kier alpha value is -2.25. The van der Waals surface area contributed by atoms with E-state index in [4.69, 9.17) is 4.74 Å². The van der Waals surface area contributed by atoms with E-state index in [1.54, 1.807) is 4.68 Å². The van der Waals surface area contributed by atoms with Gasteiger partial charge < -0.3 is 15.0 Å². The van der Waals surface area contributed by atoms with Crippen LogP contribution in [0.5, 0.6) is 0 Å². The molecular formula is C15H18N6O. The number of aromatic nitrogens is 5. The van der Waals surface area contributed by atoms with Crippen molar-refractivity contribution in [2.45, 2.75) is 18.9 Å². The summed E-state index contributed by atoms with van der Waals surface area (Å²) >= 11 is 0. The van der Waals surface area contributed by atoms with Crippen LogP contribution in [0.4, 0.5) is 0 Å². The Morgan fingerprint density at radius 3 is 3.05 bits per heavy atom. The van der Waals surface area contributed by atoms with Gasteiger partial charge in [0.1, 0.15) is 5.82 Å². The maximum absolute atomic E-state index is 5.45. The van der Waals surface area contributed by atoms with E-state index in [1.807, 2.05) is 31.3 Å². The average molecular weight is 298 g/mol. The lowest BCUT2D eigenvalue weighted by Crippen LogP contribution is -2.12. The summed E-state index contributed by atoms with van der Waals surface area (Å²) in [7, 11) is 1.90. The Balaban J connectivity index is 1.78. The van der Waals surface area contributed by atoms with Gasteiger partial charge in [0, 0.05) is 12.5 Å². The van der Waals surface area contributed by atoms with E-state index in [9.17, 15) is 0 Å². The molecule has 3 heterocycles. The van der Waals surface area contributed by atoms with E-state index in [0.717, 1.165) is 35.7 Å². The number of benzene rings is 1. The summed E-state index contributed by atoms with van der Waals surface area (Å²) in [6.07, 6.45) is 0.975. The fourth-order valence-electron chi connectivity index (χ4n) is 2.75. The minimum absolute atomic E-state index is 0.279. The van der Waals surface area contributed by atoms with E-state index >= 15 is 0 Å². The summed E-state index contributed by atoms with van der Waals surface area (Å²) < 4.78 is 7.24. The molecule has 7 heteroatoms. The first kappa shape index (κ1) is 13.4. The Morgan fingerprint density at radius 2 is 2.27 bits per heavy atom. The molecule has 114 valence electrons. The molecule has 1 aliphatic rings. The largest absolute Gasteiger partial charge is 0.381 e. The summed E-state index contributed by atoms with van der Waals surface area (Å²) in [5.41, 5.74) is 1.92. The van der Waals surface area contributed by atoms with E-state index in [1.165, 1.54) is 0 Å². The lowest BCUT2D eigenvalue weighted by molar-refractivity contribution is 0.193. The minimum atomic E-state index is 0.279. The van der Waals surface area contributed by atoms with Crippen LogP contribution in [0.1, 0.15) is 24.0 Å². The van der Waals surface area contributed by atoms with Gasteiger partial charge in [-0.05, 0) is 25.6 Å². The summed E-state index contributed by atoms with van der Waals surface area (Å²) in [6, 6.07) is 7.95. The third-order valence-electron chi connectivity index (χ3n) is 3.90. The zero-order valence-corrected chi connectivity index (χ0v) is 12.4. The molecule has 0 amide bonds. The highest BCUT2D eigenvalue weighted by atomic mass is 16.5. The van der Waals surface area contributed by atoms with E-state index in [-0.39, 0.29) is 5.92 Å². The van der Waals surface area contributed by atoms with Crippen molar-refractivity contribution in [2.24, 2.45) is 0 Å². The number of nitrogens with one attached hydrogen (secondary N) is 2. The Kier molecular flexibility index (Phi) is 3.36. The van der Waals surface area contributed by atoms with Crippen molar-refractivity contribution in [3.63, 3.8) is 0 Å². The minimum Gasteiger partial charge on any atom is -0.381 e. The lowest BCUT2D eigenvalue weighted by Gasteiger charge is -2.00. The van der Waals surface area contributed by atoms with Crippen LogP contribution in [-0.4, -0.2) is 45.0 Å². The van der Waals surface area contributed by atoms with Gasteiger partial charge in [-0.15, -0.1) is 5.10 Å². The molecule has 7 nitrogen and oxygen atoms in total. The van der Waals surface area contributed by atoms with Crippen molar-refractivity contribution in [3.05, 3.63) is 35.9 Å². The normalized spacial score (nSPS) is 18.3. The first-order chi connectivity index (χ1) is 10.8. The quantitative estimate of drug-likeness (QED) is 0.760. The lowest BCUT2D eigenvalue weighted by atomic mass is 10.1. The van der Waals surface area contributed by atoms with Crippen molar-refractivity contribution in [2.75, 3.05) is 20.3 Å². The van der Waals surface area contributed by atoms with Crippen LogP contribution in [0.2, 0.25) is 0 Å². The zero-order valence-electron chi connectivity index (χ0n) is 12.4. The second-order valence-corrected chi connectivity index (χ2v) is 5.47. The third kappa shape index (κ3) is 2.28. The molecule has 2 N–H and O–H groups in total. The number of aromatic amines is 1. The first-order valence-electron chi connectivity index (χ1n) is 7.48. The Morgan fingerprint density at radius 1 is 1.36 bits per heavy atom. The van der Waals surface area contributed by atoms with Gasteiger partial charge in [-0.25, -0.2) is 9.97 Å². The maximum Gasteiger partial charge on any atom is 0.230 e. The van der Waals surface area contributed by atoms with Crippen LogP contribution in [0.25, 0.3) is 17.0 Å². The summed E-state index contributed by atoms with van der Waals surface area (Å²) in [6.45, 7) is 2.12. The van der Waals surface area contributed by atoms with Gasteiger partial charge in [-0.2, -0.15) is 4.68 Å². The third-order valence-corrected chi connectivity index (χ3v) is 3.90. The molecule has 1 atom stereocenters. The van der Waals surface area contributed by atoms with Gasteiger partial charge in [0.05, 0.1) is 24.2 Å². The zero-order chi connectivity index (χ0) is 14.9. The second-order valence-electron chi connectivity index (χ2n) is 5.47. The molecule has 0 aliphatic carbocycles. The predicted octanol–water partition coefficient (Wildman–Crippen LogP) is 1.37. The van der Waals surface area contributed by atoms with Gasteiger partial charge in [0.25, 0.3) is 0 Å². The van der Waals surface area contributed by atoms with Crippen molar-refractivity contribution in [1.29, 1.82) is 0 Å². The molecule has 0 radical (unpaired) electrons. The molecule has 0 bridgehead atoms. The molecule has 1 fully saturated rings. The number of hydrogen-bond acceptors (Lipinski definition) is 5.